The van der Waals surface area contributed by atoms with Crippen molar-refractivity contribution < 1.29 is 4.79 Å². The van der Waals surface area contributed by atoms with Crippen LogP contribution in [0.1, 0.15) is 85.0 Å². The van der Waals surface area contributed by atoms with Crippen molar-refractivity contribution in [3.05, 3.63) is 12.2 Å². The molecule has 2 atom stereocenters. The number of allylic oxidation sites excluding steroid dienone is 2. The Kier molecular flexibility index (Phi) is 13.6. The average Bonchev–Trinajstić information content (AvgIpc) is 2.43. The zero-order chi connectivity index (χ0) is 15.2. The molecule has 0 aliphatic rings. The number of unbranched alkanes of at least 4 members (excludes halogenated alkanes) is 5. The summed E-state index contributed by atoms with van der Waals surface area (Å²) in [6.45, 7) is 6.47. The standard InChI is InChI=1S/C18H34OS/c1-4-6-7-8-9-10-11-12-13-14-17(5-2)15-16(3)18(19)20/h8-9,16-17H,4-7,10-15H2,1-3H3,(H,19,20)/b9-8+. The van der Waals surface area contributed by atoms with Gasteiger partial charge in [-0.25, -0.2) is 0 Å². The number of hydrogen-bond donors (Lipinski definition) is 1. The smallest absolute Gasteiger partial charge is 0.188 e. The van der Waals surface area contributed by atoms with Crippen LogP contribution in [0.3, 0.4) is 0 Å². The monoisotopic (exact) mass is 298 g/mol. The third-order valence-electron chi connectivity index (χ3n) is 4.06. The van der Waals surface area contributed by atoms with Gasteiger partial charge in [0, 0.05) is 5.92 Å². The van der Waals surface area contributed by atoms with Crippen molar-refractivity contribution >= 4 is 17.7 Å². The lowest BCUT2D eigenvalue weighted by atomic mass is 9.89. The molecule has 0 aromatic carbocycles. The van der Waals surface area contributed by atoms with Gasteiger partial charge in [0.25, 0.3) is 0 Å². The Morgan fingerprint density at radius 1 is 1.05 bits per heavy atom. The van der Waals surface area contributed by atoms with E-state index >= 15 is 0 Å². The van der Waals surface area contributed by atoms with Gasteiger partial charge in [-0.1, -0.05) is 71.4 Å². The molecule has 0 aliphatic carbocycles. The van der Waals surface area contributed by atoms with Gasteiger partial charge in [0.2, 0.25) is 0 Å². The molecular formula is C18H34OS. The Bertz CT molecular complexity index is 260. The zero-order valence-corrected chi connectivity index (χ0v) is 14.6. The number of carbonyl (C=O) groups excluding carboxylic acids is 1. The summed E-state index contributed by atoms with van der Waals surface area (Å²) in [5, 5.41) is 0.0423. The fourth-order valence-corrected chi connectivity index (χ4v) is 2.62. The Morgan fingerprint density at radius 2 is 1.70 bits per heavy atom. The van der Waals surface area contributed by atoms with Crippen LogP contribution >= 0.6 is 12.6 Å². The quantitative estimate of drug-likeness (QED) is 0.244. The minimum Gasteiger partial charge on any atom is -0.287 e. The molecule has 0 bridgehead atoms. The summed E-state index contributed by atoms with van der Waals surface area (Å²) in [6, 6.07) is 0. The summed E-state index contributed by atoms with van der Waals surface area (Å²) < 4.78 is 0. The lowest BCUT2D eigenvalue weighted by Gasteiger charge is -2.17. The second-order valence-corrected chi connectivity index (χ2v) is 6.44. The molecule has 0 radical (unpaired) electrons. The summed E-state index contributed by atoms with van der Waals surface area (Å²) in [6.07, 6.45) is 17.1. The highest BCUT2D eigenvalue weighted by Crippen LogP contribution is 2.23. The van der Waals surface area contributed by atoms with Crippen LogP contribution in [0, 0.1) is 11.8 Å². The van der Waals surface area contributed by atoms with Gasteiger partial charge in [0.1, 0.15) is 0 Å². The van der Waals surface area contributed by atoms with E-state index in [4.69, 9.17) is 0 Å². The first-order valence-corrected chi connectivity index (χ1v) is 8.94. The largest absolute Gasteiger partial charge is 0.287 e. The molecule has 0 fully saturated rings. The summed E-state index contributed by atoms with van der Waals surface area (Å²) in [7, 11) is 0. The van der Waals surface area contributed by atoms with Gasteiger partial charge in [0.05, 0.1) is 0 Å². The van der Waals surface area contributed by atoms with Crippen LogP contribution in [0.25, 0.3) is 0 Å². The number of hydrogen-bond acceptors (Lipinski definition) is 1. The molecule has 0 saturated carbocycles. The molecule has 0 aromatic heterocycles. The molecule has 0 heterocycles. The molecule has 0 rings (SSSR count). The highest BCUT2D eigenvalue weighted by molar-refractivity contribution is 7.96. The van der Waals surface area contributed by atoms with Gasteiger partial charge in [-0.3, -0.25) is 4.79 Å². The molecule has 0 N–H and O–H groups in total. The van der Waals surface area contributed by atoms with Crippen molar-refractivity contribution in [3.8, 4) is 0 Å². The van der Waals surface area contributed by atoms with Crippen molar-refractivity contribution in [2.24, 2.45) is 11.8 Å². The van der Waals surface area contributed by atoms with Crippen LogP contribution < -0.4 is 0 Å². The Hall–Kier alpha value is -0.240. The molecule has 2 unspecified atom stereocenters. The number of thiol groups is 1. The summed E-state index contributed by atoms with van der Waals surface area (Å²) in [5.74, 6) is 0.811. The topological polar surface area (TPSA) is 17.1 Å². The molecule has 0 amide bonds. The van der Waals surface area contributed by atoms with Crippen LogP contribution in [0.4, 0.5) is 0 Å². The molecule has 20 heavy (non-hydrogen) atoms. The van der Waals surface area contributed by atoms with Crippen molar-refractivity contribution in [1.29, 1.82) is 0 Å². The van der Waals surface area contributed by atoms with E-state index in [2.05, 4.69) is 38.6 Å². The highest BCUT2D eigenvalue weighted by atomic mass is 32.1. The molecule has 0 aromatic rings. The third kappa shape index (κ3) is 11.6. The maximum Gasteiger partial charge on any atom is 0.188 e. The SMILES string of the molecule is CCCC/C=C/CCCCCC(CC)CC(C)C(=O)S. The molecule has 118 valence electrons. The second kappa shape index (κ2) is 13.7. The van der Waals surface area contributed by atoms with Gasteiger partial charge in [-0.05, 0) is 31.6 Å². The van der Waals surface area contributed by atoms with E-state index in [1.807, 2.05) is 6.92 Å². The van der Waals surface area contributed by atoms with Gasteiger partial charge in [0.15, 0.2) is 5.12 Å². The summed E-state index contributed by atoms with van der Waals surface area (Å²) in [4.78, 5) is 11.2. The minimum atomic E-state index is 0.0423. The van der Waals surface area contributed by atoms with E-state index in [1.165, 1.54) is 57.8 Å². The van der Waals surface area contributed by atoms with Crippen molar-refractivity contribution in [2.45, 2.75) is 85.0 Å². The predicted octanol–water partition coefficient (Wildman–Crippen LogP) is 6.19. The van der Waals surface area contributed by atoms with E-state index in [0.717, 1.165) is 6.42 Å². The Balaban J connectivity index is 3.56. The second-order valence-electron chi connectivity index (χ2n) is 6.00. The van der Waals surface area contributed by atoms with Crippen LogP contribution in [0.5, 0.6) is 0 Å². The average molecular weight is 299 g/mol. The van der Waals surface area contributed by atoms with E-state index < -0.39 is 0 Å². The zero-order valence-electron chi connectivity index (χ0n) is 13.7. The van der Waals surface area contributed by atoms with Gasteiger partial charge >= 0.3 is 0 Å². The minimum absolute atomic E-state index is 0.0423. The maximum atomic E-state index is 11.2. The molecule has 0 spiro atoms. The molecule has 2 heteroatoms. The number of rotatable bonds is 13. The predicted molar refractivity (Wildman–Crippen MR) is 93.3 cm³/mol. The molecule has 0 saturated heterocycles. The van der Waals surface area contributed by atoms with Crippen LogP contribution in [-0.2, 0) is 4.79 Å². The van der Waals surface area contributed by atoms with Gasteiger partial charge < -0.3 is 0 Å². The Morgan fingerprint density at radius 3 is 2.25 bits per heavy atom. The summed E-state index contributed by atoms with van der Waals surface area (Å²) in [5.41, 5.74) is 0. The van der Waals surface area contributed by atoms with E-state index in [0.29, 0.717) is 5.92 Å². The van der Waals surface area contributed by atoms with E-state index in [9.17, 15) is 4.79 Å². The first-order valence-electron chi connectivity index (χ1n) is 8.49. The highest BCUT2D eigenvalue weighted by Gasteiger charge is 2.15. The van der Waals surface area contributed by atoms with Gasteiger partial charge in [-0.2, -0.15) is 0 Å². The summed E-state index contributed by atoms with van der Waals surface area (Å²) >= 11 is 3.93. The first kappa shape index (κ1) is 19.8. The third-order valence-corrected chi connectivity index (χ3v) is 4.50. The van der Waals surface area contributed by atoms with Gasteiger partial charge in [-0.15, -0.1) is 12.6 Å². The van der Waals surface area contributed by atoms with Crippen LogP contribution in [0.15, 0.2) is 12.2 Å². The number of carbonyl (C=O) groups is 1. The molecular weight excluding hydrogens is 264 g/mol. The van der Waals surface area contributed by atoms with E-state index in [1.54, 1.807) is 0 Å². The first-order chi connectivity index (χ1) is 9.61. The fourth-order valence-electron chi connectivity index (χ4n) is 2.52. The fraction of sp³-hybridized carbons (Fsp3) is 0.833. The van der Waals surface area contributed by atoms with Crippen LogP contribution in [0.2, 0.25) is 0 Å². The van der Waals surface area contributed by atoms with E-state index in [-0.39, 0.29) is 11.0 Å². The van der Waals surface area contributed by atoms with Crippen molar-refractivity contribution in [1.82, 2.24) is 0 Å². The van der Waals surface area contributed by atoms with Crippen LogP contribution in [-0.4, -0.2) is 5.12 Å². The maximum absolute atomic E-state index is 11.2. The molecule has 0 aliphatic heterocycles. The normalized spacial score (nSPS) is 14.6. The lowest BCUT2D eigenvalue weighted by Crippen LogP contribution is -2.11. The lowest BCUT2D eigenvalue weighted by molar-refractivity contribution is -0.114. The molecule has 1 nitrogen and oxygen atoms in total. The van der Waals surface area contributed by atoms with Crippen molar-refractivity contribution in [3.63, 3.8) is 0 Å². The Labute approximate surface area is 132 Å². The van der Waals surface area contributed by atoms with Crippen molar-refractivity contribution in [2.75, 3.05) is 0 Å².